The highest BCUT2D eigenvalue weighted by atomic mass is 32.2. The highest BCUT2D eigenvalue weighted by molar-refractivity contribution is 7.89. The largest absolute Gasteiger partial charge is 0.388 e. The fourth-order valence-corrected chi connectivity index (χ4v) is 5.07. The van der Waals surface area contributed by atoms with Gasteiger partial charge < -0.3 is 10.4 Å². The second-order valence-electron chi connectivity index (χ2n) is 7.24. The van der Waals surface area contributed by atoms with Gasteiger partial charge in [0.05, 0.1) is 11.0 Å². The van der Waals surface area contributed by atoms with Gasteiger partial charge in [0, 0.05) is 25.2 Å². The zero-order valence-electron chi connectivity index (χ0n) is 17.8. The summed E-state index contributed by atoms with van der Waals surface area (Å²) in [7, 11) is -3.55. The molecule has 0 saturated heterocycles. The average molecular weight is 441 g/mol. The van der Waals surface area contributed by atoms with E-state index >= 15 is 0 Å². The van der Waals surface area contributed by atoms with E-state index < -0.39 is 16.1 Å². The van der Waals surface area contributed by atoms with E-state index in [2.05, 4.69) is 5.32 Å². The summed E-state index contributed by atoms with van der Waals surface area (Å²) in [5.41, 5.74) is 1.21. The molecular weight excluding hydrogens is 412 g/mol. The number of carbonyl (C=O) groups is 1. The molecule has 2 N–H and O–H groups in total. The molecule has 0 bridgehead atoms. The highest BCUT2D eigenvalue weighted by Gasteiger charge is 2.21. The van der Waals surface area contributed by atoms with E-state index in [4.69, 9.17) is 0 Å². The summed E-state index contributed by atoms with van der Waals surface area (Å²) < 4.78 is 26.5. The second-order valence-corrected chi connectivity index (χ2v) is 9.18. The number of carbonyl (C=O) groups excluding carboxylic acids is 1. The molecule has 0 aliphatic rings. The summed E-state index contributed by atoms with van der Waals surface area (Å²) in [5, 5.41) is 15.4. The summed E-state index contributed by atoms with van der Waals surface area (Å²) in [4.78, 5) is 12.6. The monoisotopic (exact) mass is 440 g/mol. The van der Waals surface area contributed by atoms with Crippen molar-refractivity contribution in [3.63, 3.8) is 0 Å². The number of nitrogens with one attached hydrogen (secondary N) is 1. The van der Waals surface area contributed by atoms with Crippen LogP contribution in [0, 0.1) is 0 Å². The van der Waals surface area contributed by atoms with Gasteiger partial charge in [0.2, 0.25) is 10.0 Å². The summed E-state index contributed by atoms with van der Waals surface area (Å²) in [5.74, 6) is -0.308. The molecule has 7 heteroatoms. The van der Waals surface area contributed by atoms with Crippen LogP contribution in [0.2, 0.25) is 0 Å². The van der Waals surface area contributed by atoms with Crippen LogP contribution in [-0.4, -0.2) is 43.4 Å². The van der Waals surface area contributed by atoms with Crippen molar-refractivity contribution in [1.82, 2.24) is 9.62 Å². The van der Waals surface area contributed by atoms with Crippen LogP contribution in [0.5, 0.6) is 0 Å². The SMILES string of the molecule is CCN(CC)S(=O)(=O)c1ccc(C(=O)NCC[C@@H](O)c2cccc3ccccc23)cc1. The van der Waals surface area contributed by atoms with E-state index in [0.717, 1.165) is 16.3 Å². The van der Waals surface area contributed by atoms with Crippen LogP contribution in [0.4, 0.5) is 0 Å². The Bertz CT molecular complexity index is 1130. The van der Waals surface area contributed by atoms with Crippen molar-refractivity contribution in [2.24, 2.45) is 0 Å². The number of aliphatic hydroxyl groups excluding tert-OH is 1. The first kappa shape index (κ1) is 22.9. The van der Waals surface area contributed by atoms with Gasteiger partial charge in [-0.3, -0.25) is 4.79 Å². The zero-order chi connectivity index (χ0) is 22.4. The number of hydrogen-bond donors (Lipinski definition) is 2. The van der Waals surface area contributed by atoms with Crippen molar-refractivity contribution in [2.75, 3.05) is 19.6 Å². The molecule has 0 aromatic heterocycles. The van der Waals surface area contributed by atoms with E-state index in [1.54, 1.807) is 13.8 Å². The smallest absolute Gasteiger partial charge is 0.251 e. The number of fused-ring (bicyclic) bond motifs is 1. The Morgan fingerprint density at radius 3 is 2.29 bits per heavy atom. The summed E-state index contributed by atoms with van der Waals surface area (Å²) in [6.45, 7) is 4.65. The number of aliphatic hydroxyl groups is 1. The number of sulfonamides is 1. The minimum atomic E-state index is -3.55. The second kappa shape index (κ2) is 10.0. The summed E-state index contributed by atoms with van der Waals surface area (Å²) >= 11 is 0. The first-order valence-electron chi connectivity index (χ1n) is 10.4. The van der Waals surface area contributed by atoms with Crippen LogP contribution < -0.4 is 5.32 Å². The van der Waals surface area contributed by atoms with Gasteiger partial charge in [-0.1, -0.05) is 56.3 Å². The fraction of sp³-hybridized carbons (Fsp3) is 0.292. The molecule has 3 rings (SSSR count). The van der Waals surface area contributed by atoms with Crippen molar-refractivity contribution in [3.05, 3.63) is 77.9 Å². The maximum atomic E-state index is 12.5. The van der Waals surface area contributed by atoms with Crippen molar-refractivity contribution < 1.29 is 18.3 Å². The Kier molecular flexibility index (Phi) is 7.43. The molecule has 3 aromatic carbocycles. The van der Waals surface area contributed by atoms with E-state index in [-0.39, 0.29) is 10.8 Å². The minimum Gasteiger partial charge on any atom is -0.388 e. The number of amides is 1. The van der Waals surface area contributed by atoms with Crippen molar-refractivity contribution in [3.8, 4) is 0 Å². The standard InChI is InChI=1S/C24H28N2O4S/c1-3-26(4-2)31(29,30)20-14-12-19(13-15-20)24(28)25-17-16-23(27)22-11-7-9-18-8-5-6-10-21(18)22/h5-15,23,27H,3-4,16-17H2,1-2H3,(H,25,28)/t23-/m1/s1. The lowest BCUT2D eigenvalue weighted by molar-refractivity contribution is 0.0943. The Morgan fingerprint density at radius 1 is 0.968 bits per heavy atom. The molecule has 0 fully saturated rings. The normalized spacial score (nSPS) is 12.8. The van der Waals surface area contributed by atoms with E-state index in [0.29, 0.717) is 31.6 Å². The van der Waals surface area contributed by atoms with Gasteiger partial charge in [-0.25, -0.2) is 8.42 Å². The van der Waals surface area contributed by atoms with E-state index in [9.17, 15) is 18.3 Å². The Labute approximate surface area is 183 Å². The van der Waals surface area contributed by atoms with Crippen molar-refractivity contribution in [2.45, 2.75) is 31.3 Å². The van der Waals surface area contributed by atoms with Crippen LogP contribution in [0.3, 0.4) is 0 Å². The van der Waals surface area contributed by atoms with Crippen LogP contribution in [0.15, 0.2) is 71.6 Å². The first-order valence-corrected chi connectivity index (χ1v) is 11.9. The van der Waals surface area contributed by atoms with E-state index in [1.165, 1.54) is 28.6 Å². The molecule has 0 spiro atoms. The lowest BCUT2D eigenvalue weighted by atomic mass is 9.99. The van der Waals surface area contributed by atoms with Crippen LogP contribution in [0.1, 0.15) is 42.3 Å². The topological polar surface area (TPSA) is 86.7 Å². The lowest BCUT2D eigenvalue weighted by Gasteiger charge is -2.18. The predicted molar refractivity (Wildman–Crippen MR) is 122 cm³/mol. The Balaban J connectivity index is 1.61. The van der Waals surface area contributed by atoms with Crippen LogP contribution in [0.25, 0.3) is 10.8 Å². The van der Waals surface area contributed by atoms with Crippen LogP contribution >= 0.6 is 0 Å². The van der Waals surface area contributed by atoms with Crippen molar-refractivity contribution in [1.29, 1.82) is 0 Å². The van der Waals surface area contributed by atoms with Gasteiger partial charge >= 0.3 is 0 Å². The molecule has 0 aliphatic heterocycles. The van der Waals surface area contributed by atoms with Gasteiger partial charge in [0.25, 0.3) is 5.91 Å². The van der Waals surface area contributed by atoms with Gasteiger partial charge in [-0.15, -0.1) is 0 Å². The van der Waals surface area contributed by atoms with Gasteiger partial charge in [0.15, 0.2) is 0 Å². The Morgan fingerprint density at radius 2 is 1.61 bits per heavy atom. The molecule has 3 aromatic rings. The number of hydrogen-bond acceptors (Lipinski definition) is 4. The molecular formula is C24H28N2O4S. The third kappa shape index (κ3) is 5.12. The fourth-order valence-electron chi connectivity index (χ4n) is 3.61. The molecule has 164 valence electrons. The highest BCUT2D eigenvalue weighted by Crippen LogP contribution is 2.26. The third-order valence-electron chi connectivity index (χ3n) is 5.35. The van der Waals surface area contributed by atoms with E-state index in [1.807, 2.05) is 42.5 Å². The van der Waals surface area contributed by atoms with Crippen molar-refractivity contribution >= 4 is 26.7 Å². The molecule has 0 radical (unpaired) electrons. The van der Waals surface area contributed by atoms with Gasteiger partial charge in [0.1, 0.15) is 0 Å². The molecule has 6 nitrogen and oxygen atoms in total. The maximum Gasteiger partial charge on any atom is 0.251 e. The summed E-state index contributed by atoms with van der Waals surface area (Å²) in [6.07, 6.45) is -0.332. The molecule has 1 amide bonds. The molecule has 0 unspecified atom stereocenters. The molecule has 31 heavy (non-hydrogen) atoms. The molecule has 0 heterocycles. The average Bonchev–Trinajstić information content (AvgIpc) is 2.79. The zero-order valence-corrected chi connectivity index (χ0v) is 18.6. The molecule has 0 aliphatic carbocycles. The quantitative estimate of drug-likeness (QED) is 0.531. The van der Waals surface area contributed by atoms with Crippen LogP contribution in [-0.2, 0) is 10.0 Å². The maximum absolute atomic E-state index is 12.5. The third-order valence-corrected chi connectivity index (χ3v) is 7.41. The summed E-state index contributed by atoms with van der Waals surface area (Å²) in [6, 6.07) is 19.6. The first-order chi connectivity index (χ1) is 14.9. The number of rotatable bonds is 9. The van der Waals surface area contributed by atoms with Gasteiger partial charge in [-0.2, -0.15) is 4.31 Å². The predicted octanol–water partition coefficient (Wildman–Crippen LogP) is 3.72. The lowest BCUT2D eigenvalue weighted by Crippen LogP contribution is -2.30. The minimum absolute atomic E-state index is 0.166. The molecule has 0 saturated carbocycles. The Hall–Kier alpha value is -2.74. The number of nitrogens with zero attached hydrogens (tertiary/aromatic N) is 1. The number of benzene rings is 3. The molecule has 1 atom stereocenters. The van der Waals surface area contributed by atoms with Gasteiger partial charge in [-0.05, 0) is 47.0 Å².